The van der Waals surface area contributed by atoms with Gasteiger partial charge in [-0.2, -0.15) is 0 Å². The average molecular weight is 184 g/mol. The van der Waals surface area contributed by atoms with E-state index in [1.54, 1.807) is 0 Å². The van der Waals surface area contributed by atoms with Gasteiger partial charge < -0.3 is 9.90 Å². The molecule has 76 valence electrons. The average Bonchev–Trinajstić information content (AvgIpc) is 2.09. The standard InChI is InChI=1S/C11H20O2/c1-7(2)9-4-10(6-12)8(3)11(13)5-9/h6-11,13H,4-5H2,1-3H3. The Balaban J connectivity index is 2.63. The van der Waals surface area contributed by atoms with E-state index < -0.39 is 0 Å². The van der Waals surface area contributed by atoms with Crippen LogP contribution in [0.1, 0.15) is 33.6 Å². The maximum absolute atomic E-state index is 10.8. The third kappa shape index (κ3) is 2.31. The van der Waals surface area contributed by atoms with Crippen LogP contribution in [0, 0.1) is 23.7 Å². The zero-order valence-corrected chi connectivity index (χ0v) is 8.73. The Morgan fingerprint density at radius 1 is 1.38 bits per heavy atom. The minimum atomic E-state index is -0.281. The predicted molar refractivity (Wildman–Crippen MR) is 52.3 cm³/mol. The number of aliphatic hydroxyl groups excluding tert-OH is 1. The zero-order chi connectivity index (χ0) is 10.0. The maximum Gasteiger partial charge on any atom is 0.123 e. The van der Waals surface area contributed by atoms with Gasteiger partial charge in [0.25, 0.3) is 0 Å². The van der Waals surface area contributed by atoms with Crippen molar-refractivity contribution in [3.05, 3.63) is 0 Å². The SMILES string of the molecule is CC(C)C1CC(O)C(C)C(C=O)C1. The molecule has 2 nitrogen and oxygen atoms in total. The molecule has 0 radical (unpaired) electrons. The molecule has 13 heavy (non-hydrogen) atoms. The fourth-order valence-corrected chi connectivity index (χ4v) is 2.19. The van der Waals surface area contributed by atoms with E-state index in [1.165, 1.54) is 0 Å². The molecule has 4 atom stereocenters. The Kier molecular flexibility index (Phi) is 3.48. The summed E-state index contributed by atoms with van der Waals surface area (Å²) in [5, 5.41) is 9.74. The van der Waals surface area contributed by atoms with Gasteiger partial charge in [0.1, 0.15) is 6.29 Å². The van der Waals surface area contributed by atoms with Crippen molar-refractivity contribution in [2.75, 3.05) is 0 Å². The molecule has 4 unspecified atom stereocenters. The summed E-state index contributed by atoms with van der Waals surface area (Å²) in [6, 6.07) is 0. The van der Waals surface area contributed by atoms with Crippen molar-refractivity contribution in [3.8, 4) is 0 Å². The summed E-state index contributed by atoms with van der Waals surface area (Å²) in [5.74, 6) is 1.30. The third-order valence-electron chi connectivity index (χ3n) is 3.52. The fraction of sp³-hybridized carbons (Fsp3) is 0.909. The number of rotatable bonds is 2. The lowest BCUT2D eigenvalue weighted by Crippen LogP contribution is -2.37. The van der Waals surface area contributed by atoms with Crippen molar-refractivity contribution in [1.29, 1.82) is 0 Å². The second-order valence-corrected chi connectivity index (χ2v) is 4.70. The molecule has 0 aromatic carbocycles. The van der Waals surface area contributed by atoms with Gasteiger partial charge in [0.15, 0.2) is 0 Å². The first-order chi connectivity index (χ1) is 6.06. The molecule has 2 heteroatoms. The molecule has 1 saturated carbocycles. The van der Waals surface area contributed by atoms with Gasteiger partial charge in [-0.1, -0.05) is 20.8 Å². The van der Waals surface area contributed by atoms with Crippen molar-refractivity contribution in [1.82, 2.24) is 0 Å². The highest BCUT2D eigenvalue weighted by Gasteiger charge is 2.34. The lowest BCUT2D eigenvalue weighted by molar-refractivity contribution is -0.117. The van der Waals surface area contributed by atoms with Gasteiger partial charge in [-0.25, -0.2) is 0 Å². The molecule has 0 spiro atoms. The Labute approximate surface area is 80.3 Å². The number of hydrogen-bond donors (Lipinski definition) is 1. The molecule has 0 aromatic heterocycles. The predicted octanol–water partition coefficient (Wildman–Crippen LogP) is 1.86. The van der Waals surface area contributed by atoms with Crippen LogP contribution in [-0.4, -0.2) is 17.5 Å². The first-order valence-corrected chi connectivity index (χ1v) is 5.19. The molecular formula is C11H20O2. The van der Waals surface area contributed by atoms with E-state index in [2.05, 4.69) is 13.8 Å². The molecule has 0 aromatic rings. The van der Waals surface area contributed by atoms with E-state index in [0.717, 1.165) is 19.1 Å². The Hall–Kier alpha value is -0.370. The Morgan fingerprint density at radius 3 is 2.46 bits per heavy atom. The van der Waals surface area contributed by atoms with Crippen molar-refractivity contribution >= 4 is 6.29 Å². The molecule has 0 saturated heterocycles. The Bertz CT molecular complexity index is 177. The van der Waals surface area contributed by atoms with E-state index in [9.17, 15) is 9.90 Å². The fourth-order valence-electron chi connectivity index (χ4n) is 2.19. The summed E-state index contributed by atoms with van der Waals surface area (Å²) in [5.41, 5.74) is 0. The van der Waals surface area contributed by atoms with Crippen molar-refractivity contribution in [3.63, 3.8) is 0 Å². The highest BCUT2D eigenvalue weighted by atomic mass is 16.3. The third-order valence-corrected chi connectivity index (χ3v) is 3.52. The van der Waals surface area contributed by atoms with Gasteiger partial charge in [0.2, 0.25) is 0 Å². The van der Waals surface area contributed by atoms with E-state index in [0.29, 0.717) is 11.8 Å². The molecule has 0 bridgehead atoms. The van der Waals surface area contributed by atoms with E-state index in [4.69, 9.17) is 0 Å². The van der Waals surface area contributed by atoms with Gasteiger partial charge in [-0.15, -0.1) is 0 Å². The molecule has 0 aliphatic heterocycles. The first kappa shape index (κ1) is 10.7. The monoisotopic (exact) mass is 184 g/mol. The van der Waals surface area contributed by atoms with Crippen LogP contribution in [0.4, 0.5) is 0 Å². The normalized spacial score (nSPS) is 40.7. The van der Waals surface area contributed by atoms with Crippen LogP contribution >= 0.6 is 0 Å². The number of hydrogen-bond acceptors (Lipinski definition) is 2. The van der Waals surface area contributed by atoms with Crippen LogP contribution in [0.15, 0.2) is 0 Å². The van der Waals surface area contributed by atoms with E-state index >= 15 is 0 Å². The van der Waals surface area contributed by atoms with Crippen LogP contribution in [-0.2, 0) is 4.79 Å². The lowest BCUT2D eigenvalue weighted by Gasteiger charge is -2.37. The van der Waals surface area contributed by atoms with Crippen LogP contribution in [0.2, 0.25) is 0 Å². The van der Waals surface area contributed by atoms with Gasteiger partial charge >= 0.3 is 0 Å². The number of carbonyl (C=O) groups excluding carboxylic acids is 1. The second-order valence-electron chi connectivity index (χ2n) is 4.70. The van der Waals surface area contributed by atoms with Crippen LogP contribution in [0.3, 0.4) is 0 Å². The van der Waals surface area contributed by atoms with Gasteiger partial charge in [-0.05, 0) is 30.6 Å². The largest absolute Gasteiger partial charge is 0.393 e. The van der Waals surface area contributed by atoms with Crippen LogP contribution in [0.5, 0.6) is 0 Å². The van der Waals surface area contributed by atoms with Crippen molar-refractivity contribution < 1.29 is 9.90 Å². The molecular weight excluding hydrogens is 164 g/mol. The molecule has 1 fully saturated rings. The summed E-state index contributed by atoms with van der Waals surface area (Å²) in [6.07, 6.45) is 2.56. The highest BCUT2D eigenvalue weighted by molar-refractivity contribution is 5.54. The summed E-state index contributed by atoms with van der Waals surface area (Å²) < 4.78 is 0. The number of aliphatic hydroxyl groups is 1. The van der Waals surface area contributed by atoms with Crippen LogP contribution in [0.25, 0.3) is 0 Å². The number of aldehydes is 1. The lowest BCUT2D eigenvalue weighted by atomic mass is 9.70. The second kappa shape index (κ2) is 4.23. The van der Waals surface area contributed by atoms with Gasteiger partial charge in [0.05, 0.1) is 6.10 Å². The molecule has 1 aliphatic carbocycles. The summed E-state index contributed by atoms with van der Waals surface area (Å²) in [4.78, 5) is 10.8. The molecule has 1 rings (SSSR count). The highest BCUT2D eigenvalue weighted by Crippen LogP contribution is 2.36. The summed E-state index contributed by atoms with van der Waals surface area (Å²) in [6.45, 7) is 6.30. The minimum Gasteiger partial charge on any atom is -0.393 e. The first-order valence-electron chi connectivity index (χ1n) is 5.19. The quantitative estimate of drug-likeness (QED) is 0.665. The minimum absolute atomic E-state index is 0.0659. The van der Waals surface area contributed by atoms with Crippen molar-refractivity contribution in [2.45, 2.75) is 39.7 Å². The molecule has 0 amide bonds. The smallest absolute Gasteiger partial charge is 0.123 e. The van der Waals surface area contributed by atoms with Crippen molar-refractivity contribution in [2.24, 2.45) is 23.7 Å². The van der Waals surface area contributed by atoms with Gasteiger partial charge in [-0.3, -0.25) is 0 Å². The Morgan fingerprint density at radius 2 is 2.00 bits per heavy atom. The van der Waals surface area contributed by atoms with Crippen LogP contribution < -0.4 is 0 Å². The molecule has 0 heterocycles. The van der Waals surface area contributed by atoms with E-state index in [-0.39, 0.29) is 17.9 Å². The van der Waals surface area contributed by atoms with E-state index in [1.807, 2.05) is 6.92 Å². The topological polar surface area (TPSA) is 37.3 Å². The zero-order valence-electron chi connectivity index (χ0n) is 8.73. The van der Waals surface area contributed by atoms with Gasteiger partial charge in [0, 0.05) is 5.92 Å². The maximum atomic E-state index is 10.8. The summed E-state index contributed by atoms with van der Waals surface area (Å²) in [7, 11) is 0. The molecule has 1 N–H and O–H groups in total. The number of carbonyl (C=O) groups is 1. The molecule has 1 aliphatic rings. The summed E-state index contributed by atoms with van der Waals surface area (Å²) >= 11 is 0.